The quantitative estimate of drug-likeness (QED) is 0.821. The summed E-state index contributed by atoms with van der Waals surface area (Å²) in [7, 11) is 1.69. The fourth-order valence-electron chi connectivity index (χ4n) is 3.92. The molecule has 0 amide bonds. The minimum Gasteiger partial charge on any atom is -0.493 e. The summed E-state index contributed by atoms with van der Waals surface area (Å²) in [5.74, 6) is 1.73. The van der Waals surface area contributed by atoms with Gasteiger partial charge in [0.15, 0.2) is 11.5 Å². The molecule has 0 saturated heterocycles. The number of nitriles is 1. The first-order chi connectivity index (χ1) is 11.2. The zero-order chi connectivity index (χ0) is 15.9. The van der Waals surface area contributed by atoms with Gasteiger partial charge < -0.3 is 9.47 Å². The smallest absolute Gasteiger partial charge is 0.165 e. The minimum absolute atomic E-state index is 0.0295. The van der Waals surface area contributed by atoms with E-state index in [9.17, 15) is 0 Å². The van der Waals surface area contributed by atoms with Crippen molar-refractivity contribution < 1.29 is 9.47 Å². The SMILES string of the molecule is COc1ccc(-c2ccc(C#N)cc2)c2c1OC1(CCCC1)C2. The van der Waals surface area contributed by atoms with Crippen LogP contribution in [0, 0.1) is 11.3 Å². The van der Waals surface area contributed by atoms with Gasteiger partial charge in [0.2, 0.25) is 0 Å². The fourth-order valence-corrected chi connectivity index (χ4v) is 3.92. The molecule has 2 aromatic carbocycles. The average Bonchev–Trinajstić information content (AvgIpc) is 3.21. The van der Waals surface area contributed by atoms with Gasteiger partial charge in [-0.3, -0.25) is 0 Å². The van der Waals surface area contributed by atoms with Gasteiger partial charge in [-0.2, -0.15) is 5.26 Å². The van der Waals surface area contributed by atoms with Gasteiger partial charge in [-0.25, -0.2) is 0 Å². The highest BCUT2D eigenvalue weighted by Gasteiger charge is 2.44. The van der Waals surface area contributed by atoms with E-state index in [-0.39, 0.29) is 5.60 Å². The van der Waals surface area contributed by atoms with Crippen molar-refractivity contribution in [2.75, 3.05) is 7.11 Å². The Balaban J connectivity index is 1.81. The number of ether oxygens (including phenoxy) is 2. The van der Waals surface area contributed by atoms with Crippen molar-refractivity contribution in [1.29, 1.82) is 5.26 Å². The summed E-state index contributed by atoms with van der Waals surface area (Å²) in [6.07, 6.45) is 5.68. The van der Waals surface area contributed by atoms with E-state index in [1.807, 2.05) is 30.3 Å². The van der Waals surface area contributed by atoms with E-state index in [4.69, 9.17) is 14.7 Å². The number of nitrogens with zero attached hydrogens (tertiary/aromatic N) is 1. The van der Waals surface area contributed by atoms with Crippen LogP contribution in [0.5, 0.6) is 11.5 Å². The molecule has 3 nitrogen and oxygen atoms in total. The minimum atomic E-state index is -0.0295. The van der Waals surface area contributed by atoms with Crippen LogP contribution in [-0.2, 0) is 6.42 Å². The van der Waals surface area contributed by atoms with E-state index in [1.54, 1.807) is 7.11 Å². The number of rotatable bonds is 2. The molecular formula is C20H19NO2. The molecule has 2 aromatic rings. The first-order valence-electron chi connectivity index (χ1n) is 8.14. The number of methoxy groups -OCH3 is 1. The topological polar surface area (TPSA) is 42.2 Å². The first-order valence-corrected chi connectivity index (χ1v) is 8.14. The molecule has 1 fully saturated rings. The number of hydrogen-bond acceptors (Lipinski definition) is 3. The van der Waals surface area contributed by atoms with Crippen molar-refractivity contribution in [3.63, 3.8) is 0 Å². The van der Waals surface area contributed by atoms with Gasteiger partial charge >= 0.3 is 0 Å². The van der Waals surface area contributed by atoms with Crippen LogP contribution in [0.25, 0.3) is 11.1 Å². The zero-order valence-electron chi connectivity index (χ0n) is 13.3. The highest BCUT2D eigenvalue weighted by Crippen LogP contribution is 2.51. The molecule has 1 aliphatic carbocycles. The summed E-state index contributed by atoms with van der Waals surface area (Å²) < 4.78 is 11.9. The van der Waals surface area contributed by atoms with Gasteiger partial charge in [0.05, 0.1) is 18.7 Å². The van der Waals surface area contributed by atoms with Gasteiger partial charge in [0, 0.05) is 12.0 Å². The Morgan fingerprint density at radius 1 is 1.09 bits per heavy atom. The lowest BCUT2D eigenvalue weighted by atomic mass is 9.90. The molecule has 0 bridgehead atoms. The van der Waals surface area contributed by atoms with Crippen LogP contribution in [-0.4, -0.2) is 12.7 Å². The van der Waals surface area contributed by atoms with Crippen LogP contribution in [0.4, 0.5) is 0 Å². The maximum atomic E-state index is 8.98. The molecule has 1 saturated carbocycles. The van der Waals surface area contributed by atoms with Crippen molar-refractivity contribution in [3.05, 3.63) is 47.5 Å². The average molecular weight is 305 g/mol. The van der Waals surface area contributed by atoms with E-state index in [0.29, 0.717) is 5.56 Å². The van der Waals surface area contributed by atoms with Gasteiger partial charge in [-0.1, -0.05) is 18.2 Å². The van der Waals surface area contributed by atoms with Crippen molar-refractivity contribution in [2.45, 2.75) is 37.7 Å². The molecule has 116 valence electrons. The molecule has 0 N–H and O–H groups in total. The summed E-state index contributed by atoms with van der Waals surface area (Å²) in [4.78, 5) is 0. The molecule has 1 aliphatic heterocycles. The maximum absolute atomic E-state index is 8.98. The van der Waals surface area contributed by atoms with Crippen molar-refractivity contribution in [3.8, 4) is 28.7 Å². The predicted octanol–water partition coefficient (Wildman–Crippen LogP) is 4.48. The summed E-state index contributed by atoms with van der Waals surface area (Å²) in [6, 6.07) is 14.0. The third-order valence-electron chi connectivity index (χ3n) is 5.10. The molecule has 1 heterocycles. The summed E-state index contributed by atoms with van der Waals surface area (Å²) in [5, 5.41) is 8.98. The van der Waals surface area contributed by atoms with Gasteiger partial charge in [0.25, 0.3) is 0 Å². The van der Waals surface area contributed by atoms with Crippen LogP contribution < -0.4 is 9.47 Å². The monoisotopic (exact) mass is 305 g/mol. The van der Waals surface area contributed by atoms with Crippen LogP contribution in [0.2, 0.25) is 0 Å². The largest absolute Gasteiger partial charge is 0.493 e. The number of hydrogen-bond donors (Lipinski definition) is 0. The second-order valence-electron chi connectivity index (χ2n) is 6.48. The normalized spacial score (nSPS) is 17.6. The lowest BCUT2D eigenvalue weighted by molar-refractivity contribution is 0.0996. The Labute approximate surface area is 136 Å². The highest BCUT2D eigenvalue weighted by atomic mass is 16.5. The molecule has 4 rings (SSSR count). The second-order valence-corrected chi connectivity index (χ2v) is 6.48. The lowest BCUT2D eigenvalue weighted by Crippen LogP contribution is -2.30. The van der Waals surface area contributed by atoms with Crippen molar-refractivity contribution >= 4 is 0 Å². The van der Waals surface area contributed by atoms with Crippen LogP contribution in [0.1, 0.15) is 36.8 Å². The number of fused-ring (bicyclic) bond motifs is 1. The maximum Gasteiger partial charge on any atom is 0.165 e. The second kappa shape index (κ2) is 5.31. The lowest BCUT2D eigenvalue weighted by Gasteiger charge is -2.22. The summed E-state index contributed by atoms with van der Waals surface area (Å²) in [5.41, 5.74) is 4.21. The molecule has 2 aliphatic rings. The third-order valence-corrected chi connectivity index (χ3v) is 5.10. The van der Waals surface area contributed by atoms with Crippen LogP contribution in [0.3, 0.4) is 0 Å². The highest BCUT2D eigenvalue weighted by molar-refractivity contribution is 5.74. The Morgan fingerprint density at radius 2 is 1.83 bits per heavy atom. The van der Waals surface area contributed by atoms with E-state index >= 15 is 0 Å². The number of benzene rings is 2. The molecule has 3 heteroatoms. The van der Waals surface area contributed by atoms with Gasteiger partial charge in [-0.05, 0) is 55.0 Å². The zero-order valence-corrected chi connectivity index (χ0v) is 13.3. The molecular weight excluding hydrogens is 286 g/mol. The fraction of sp³-hybridized carbons (Fsp3) is 0.350. The standard InChI is InChI=1S/C20H19NO2/c1-22-18-9-8-16(15-6-4-14(13-21)5-7-15)17-12-20(23-19(17)18)10-2-3-11-20/h4-9H,2-3,10-12H2,1H3. The Bertz CT molecular complexity index is 781. The van der Waals surface area contributed by atoms with Crippen molar-refractivity contribution in [1.82, 2.24) is 0 Å². The Morgan fingerprint density at radius 3 is 2.48 bits per heavy atom. The van der Waals surface area contributed by atoms with E-state index < -0.39 is 0 Å². The molecule has 0 aromatic heterocycles. The Kier molecular flexibility index (Phi) is 3.27. The van der Waals surface area contributed by atoms with Crippen LogP contribution in [0.15, 0.2) is 36.4 Å². The molecule has 23 heavy (non-hydrogen) atoms. The van der Waals surface area contributed by atoms with E-state index in [0.717, 1.165) is 36.3 Å². The van der Waals surface area contributed by atoms with E-state index in [2.05, 4.69) is 12.1 Å². The first kappa shape index (κ1) is 14.1. The molecule has 0 radical (unpaired) electrons. The molecule has 1 spiro atoms. The Hall–Kier alpha value is -2.47. The van der Waals surface area contributed by atoms with E-state index in [1.165, 1.54) is 24.0 Å². The van der Waals surface area contributed by atoms with Gasteiger partial charge in [-0.15, -0.1) is 0 Å². The summed E-state index contributed by atoms with van der Waals surface area (Å²) >= 11 is 0. The predicted molar refractivity (Wildman–Crippen MR) is 88.7 cm³/mol. The summed E-state index contributed by atoms with van der Waals surface area (Å²) in [6.45, 7) is 0. The third kappa shape index (κ3) is 2.26. The van der Waals surface area contributed by atoms with Crippen LogP contribution >= 0.6 is 0 Å². The molecule has 0 unspecified atom stereocenters. The molecule has 0 atom stereocenters. The van der Waals surface area contributed by atoms with Crippen molar-refractivity contribution in [2.24, 2.45) is 0 Å². The van der Waals surface area contributed by atoms with Gasteiger partial charge in [0.1, 0.15) is 5.60 Å².